The largest absolute Gasteiger partial charge is 0.334 e. The lowest BCUT2D eigenvalue weighted by atomic mass is 9.94. The van der Waals surface area contributed by atoms with Gasteiger partial charge >= 0.3 is 5.69 Å². The first-order chi connectivity index (χ1) is 11.6. The molecule has 0 amide bonds. The Morgan fingerprint density at radius 1 is 0.958 bits per heavy atom. The molecule has 1 aromatic heterocycles. The molecule has 1 N–H and O–H groups in total. The Morgan fingerprint density at radius 2 is 1.67 bits per heavy atom. The zero-order valence-corrected chi connectivity index (χ0v) is 13.5. The van der Waals surface area contributed by atoms with Gasteiger partial charge in [-0.2, -0.15) is 0 Å². The van der Waals surface area contributed by atoms with Crippen molar-refractivity contribution in [3.8, 4) is 11.1 Å². The Labute approximate surface area is 140 Å². The topological polar surface area (TPSA) is 68.1 Å². The van der Waals surface area contributed by atoms with Crippen molar-refractivity contribution in [2.24, 2.45) is 0 Å². The van der Waals surface area contributed by atoms with Crippen LogP contribution in [0.2, 0.25) is 0 Å². The van der Waals surface area contributed by atoms with Crippen LogP contribution in [0.3, 0.4) is 0 Å². The van der Waals surface area contributed by atoms with Gasteiger partial charge in [0.2, 0.25) is 5.82 Å². The first kappa shape index (κ1) is 15.7. The minimum atomic E-state index is -0.434. The lowest BCUT2D eigenvalue weighted by Gasteiger charge is -2.15. The molecular formula is C19H17N3O2. The number of aryl methyl sites for hydroxylation is 2. The zero-order valence-electron chi connectivity index (χ0n) is 13.5. The highest BCUT2D eigenvalue weighted by Gasteiger charge is 2.16. The maximum absolute atomic E-state index is 11.2. The molecule has 3 aromatic rings. The fraction of sp³-hybridized carbons (Fsp3) is 0.105. The summed E-state index contributed by atoms with van der Waals surface area (Å²) in [7, 11) is 0. The van der Waals surface area contributed by atoms with Crippen molar-refractivity contribution in [2.75, 3.05) is 5.32 Å². The summed E-state index contributed by atoms with van der Waals surface area (Å²) in [6.07, 6.45) is 1.54. The summed E-state index contributed by atoms with van der Waals surface area (Å²) in [5.41, 5.74) is 5.16. The van der Waals surface area contributed by atoms with Crippen LogP contribution in [0.1, 0.15) is 11.1 Å². The summed E-state index contributed by atoms with van der Waals surface area (Å²) in [5, 5.41) is 14.3. The van der Waals surface area contributed by atoms with E-state index in [4.69, 9.17) is 0 Å². The third-order valence-electron chi connectivity index (χ3n) is 3.91. The maximum Gasteiger partial charge on any atom is 0.311 e. The van der Waals surface area contributed by atoms with E-state index in [2.05, 4.69) is 36.3 Å². The molecule has 0 unspecified atom stereocenters. The lowest BCUT2D eigenvalue weighted by molar-refractivity contribution is -0.384. The average Bonchev–Trinajstić information content (AvgIpc) is 2.56. The number of rotatable bonds is 4. The Hall–Kier alpha value is -3.21. The van der Waals surface area contributed by atoms with Gasteiger partial charge in [-0.05, 0) is 42.7 Å². The molecule has 0 saturated heterocycles. The molecule has 0 aliphatic rings. The number of aromatic nitrogens is 1. The van der Waals surface area contributed by atoms with Gasteiger partial charge in [0.25, 0.3) is 0 Å². The van der Waals surface area contributed by atoms with Crippen LogP contribution in [0.4, 0.5) is 17.2 Å². The molecule has 0 spiro atoms. The number of hydrogen-bond donors (Lipinski definition) is 1. The summed E-state index contributed by atoms with van der Waals surface area (Å²) >= 11 is 0. The van der Waals surface area contributed by atoms with Gasteiger partial charge in [-0.3, -0.25) is 10.1 Å². The van der Waals surface area contributed by atoms with Crippen LogP contribution in [0.25, 0.3) is 11.1 Å². The molecule has 0 aliphatic heterocycles. The van der Waals surface area contributed by atoms with E-state index >= 15 is 0 Å². The molecule has 0 saturated carbocycles. The molecule has 1 heterocycles. The molecule has 5 heteroatoms. The number of nitrogens with zero attached hydrogens (tertiary/aromatic N) is 2. The average molecular weight is 319 g/mol. The van der Waals surface area contributed by atoms with E-state index in [0.29, 0.717) is 0 Å². The molecule has 0 radical (unpaired) electrons. The molecular weight excluding hydrogens is 302 g/mol. The Balaban J connectivity index is 2.11. The highest BCUT2D eigenvalue weighted by molar-refractivity contribution is 5.84. The number of nitrogens with one attached hydrogen (secondary N) is 1. The second-order valence-electron chi connectivity index (χ2n) is 5.57. The number of hydrogen-bond acceptors (Lipinski definition) is 4. The monoisotopic (exact) mass is 319 g/mol. The van der Waals surface area contributed by atoms with Gasteiger partial charge in [0.1, 0.15) is 0 Å². The van der Waals surface area contributed by atoms with E-state index < -0.39 is 4.92 Å². The molecule has 24 heavy (non-hydrogen) atoms. The third-order valence-corrected chi connectivity index (χ3v) is 3.91. The van der Waals surface area contributed by atoms with Gasteiger partial charge in [-0.15, -0.1) is 0 Å². The number of para-hydroxylation sites is 1. The summed E-state index contributed by atoms with van der Waals surface area (Å²) in [6.45, 7) is 4.12. The van der Waals surface area contributed by atoms with E-state index in [1.807, 2.05) is 30.3 Å². The fourth-order valence-corrected chi connectivity index (χ4v) is 2.82. The van der Waals surface area contributed by atoms with Crippen molar-refractivity contribution in [3.05, 3.63) is 82.0 Å². The van der Waals surface area contributed by atoms with Crippen molar-refractivity contribution in [3.63, 3.8) is 0 Å². The van der Waals surface area contributed by atoms with Crippen LogP contribution in [0.15, 0.2) is 60.8 Å². The Morgan fingerprint density at radius 3 is 2.38 bits per heavy atom. The van der Waals surface area contributed by atoms with Crippen LogP contribution in [-0.2, 0) is 0 Å². The number of benzene rings is 2. The predicted octanol–water partition coefficient (Wildman–Crippen LogP) is 5.02. The minimum Gasteiger partial charge on any atom is -0.334 e. The molecule has 5 nitrogen and oxygen atoms in total. The molecule has 0 fully saturated rings. The number of anilines is 2. The van der Waals surface area contributed by atoms with Crippen molar-refractivity contribution in [2.45, 2.75) is 13.8 Å². The minimum absolute atomic E-state index is 0.0474. The van der Waals surface area contributed by atoms with Gasteiger partial charge in [0.05, 0.1) is 4.92 Å². The van der Waals surface area contributed by atoms with E-state index in [9.17, 15) is 10.1 Å². The second kappa shape index (κ2) is 6.50. The van der Waals surface area contributed by atoms with Gasteiger partial charge in [0, 0.05) is 23.5 Å². The van der Waals surface area contributed by atoms with E-state index in [0.717, 1.165) is 27.9 Å². The molecule has 2 aromatic carbocycles. The Bertz CT molecular complexity index is 886. The van der Waals surface area contributed by atoms with Crippen molar-refractivity contribution in [1.82, 2.24) is 4.98 Å². The third kappa shape index (κ3) is 2.96. The summed E-state index contributed by atoms with van der Waals surface area (Å²) in [5.74, 6) is 0.237. The number of pyridine rings is 1. The van der Waals surface area contributed by atoms with Crippen LogP contribution < -0.4 is 5.32 Å². The van der Waals surface area contributed by atoms with Crippen molar-refractivity contribution >= 4 is 17.2 Å². The maximum atomic E-state index is 11.2. The normalized spacial score (nSPS) is 10.4. The second-order valence-corrected chi connectivity index (χ2v) is 5.57. The van der Waals surface area contributed by atoms with Crippen molar-refractivity contribution in [1.29, 1.82) is 0 Å². The highest BCUT2D eigenvalue weighted by atomic mass is 16.6. The van der Waals surface area contributed by atoms with E-state index in [1.54, 1.807) is 6.07 Å². The van der Waals surface area contributed by atoms with E-state index in [-0.39, 0.29) is 11.5 Å². The Kier molecular flexibility index (Phi) is 4.24. The van der Waals surface area contributed by atoms with Gasteiger partial charge < -0.3 is 5.32 Å². The fourth-order valence-electron chi connectivity index (χ4n) is 2.82. The summed E-state index contributed by atoms with van der Waals surface area (Å²) < 4.78 is 0. The van der Waals surface area contributed by atoms with Crippen LogP contribution in [-0.4, -0.2) is 9.91 Å². The van der Waals surface area contributed by atoms with Gasteiger partial charge in [-0.25, -0.2) is 4.98 Å². The molecule has 120 valence electrons. The first-order valence-corrected chi connectivity index (χ1v) is 7.60. The first-order valence-electron chi connectivity index (χ1n) is 7.60. The molecule has 0 bridgehead atoms. The van der Waals surface area contributed by atoms with Gasteiger partial charge in [0.15, 0.2) is 0 Å². The van der Waals surface area contributed by atoms with Crippen molar-refractivity contribution < 1.29 is 4.92 Å². The highest BCUT2D eigenvalue weighted by Crippen LogP contribution is 2.35. The SMILES string of the molecule is Cc1cccc(C)c1-c1ccccc1Nc1ncccc1[N+](=O)[O-]. The van der Waals surface area contributed by atoms with Crippen LogP contribution >= 0.6 is 0 Å². The van der Waals surface area contributed by atoms with Crippen LogP contribution in [0.5, 0.6) is 0 Å². The zero-order chi connectivity index (χ0) is 17.1. The molecule has 3 rings (SSSR count). The van der Waals surface area contributed by atoms with Crippen LogP contribution in [0, 0.1) is 24.0 Å². The molecule has 0 aliphatic carbocycles. The van der Waals surface area contributed by atoms with E-state index in [1.165, 1.54) is 12.3 Å². The lowest BCUT2D eigenvalue weighted by Crippen LogP contribution is -2.01. The van der Waals surface area contributed by atoms with Gasteiger partial charge in [-0.1, -0.05) is 36.4 Å². The quantitative estimate of drug-likeness (QED) is 0.541. The number of nitro groups is 1. The summed E-state index contributed by atoms with van der Waals surface area (Å²) in [4.78, 5) is 14.9. The molecule has 0 atom stereocenters. The standard InChI is InChI=1S/C19H17N3O2/c1-13-7-5-8-14(2)18(13)15-9-3-4-10-16(15)21-19-17(22(23)24)11-6-12-20-19/h3-12H,1-2H3,(H,20,21). The smallest absolute Gasteiger partial charge is 0.311 e. The summed E-state index contributed by atoms with van der Waals surface area (Å²) in [6, 6.07) is 16.9. The predicted molar refractivity (Wildman–Crippen MR) is 95.5 cm³/mol.